The minimum atomic E-state index is -0.328. The fourth-order valence-electron chi connectivity index (χ4n) is 4.52. The lowest BCUT2D eigenvalue weighted by atomic mass is 9.99. The van der Waals surface area contributed by atoms with Crippen molar-refractivity contribution >= 4 is 11.7 Å². The van der Waals surface area contributed by atoms with Crippen LogP contribution in [0.4, 0.5) is 10.2 Å². The highest BCUT2D eigenvalue weighted by atomic mass is 19.1. The van der Waals surface area contributed by atoms with Crippen LogP contribution in [0.15, 0.2) is 72.9 Å². The lowest BCUT2D eigenvalue weighted by Gasteiger charge is -2.31. The van der Waals surface area contributed by atoms with Crippen LogP contribution >= 0.6 is 0 Å². The van der Waals surface area contributed by atoms with Crippen molar-refractivity contribution in [3.05, 3.63) is 101 Å². The van der Waals surface area contributed by atoms with Crippen molar-refractivity contribution in [1.29, 1.82) is 0 Å². The summed E-state index contributed by atoms with van der Waals surface area (Å²) in [5, 5.41) is 2.98. The summed E-state index contributed by atoms with van der Waals surface area (Å²) in [6, 6.07) is 19.9. The largest absolute Gasteiger partial charge is 0.454 e. The van der Waals surface area contributed by atoms with E-state index >= 15 is 0 Å². The molecule has 1 N–H and O–H groups in total. The van der Waals surface area contributed by atoms with Crippen LogP contribution < -0.4 is 19.7 Å². The van der Waals surface area contributed by atoms with E-state index in [9.17, 15) is 9.18 Å². The van der Waals surface area contributed by atoms with Crippen molar-refractivity contribution in [3.8, 4) is 22.9 Å². The Hall–Kier alpha value is -4.46. The summed E-state index contributed by atoms with van der Waals surface area (Å²) in [5.74, 6) is 1.76. The molecular weight excluding hydrogens is 459 g/mol. The Kier molecular flexibility index (Phi) is 5.69. The van der Waals surface area contributed by atoms with Gasteiger partial charge in [-0.1, -0.05) is 30.3 Å². The van der Waals surface area contributed by atoms with Gasteiger partial charge in [-0.05, 0) is 59.5 Å². The Labute approximate surface area is 207 Å². The van der Waals surface area contributed by atoms with Crippen LogP contribution in [-0.4, -0.2) is 29.2 Å². The second-order valence-electron chi connectivity index (χ2n) is 8.75. The summed E-state index contributed by atoms with van der Waals surface area (Å²) in [6.45, 7) is 1.88. The molecule has 0 aliphatic carbocycles. The maximum atomic E-state index is 13.5. The summed E-state index contributed by atoms with van der Waals surface area (Å²) >= 11 is 0. The SMILES string of the molecule is O=C(NCc1ccc2c(c1)OCO2)c1cnc(-c2ccc(F)cc2)nc1N1CCc2ccccc2C1. The molecular formula is C28H23FN4O3. The van der Waals surface area contributed by atoms with Crippen LogP contribution in [0, 0.1) is 5.82 Å². The molecule has 180 valence electrons. The number of fused-ring (bicyclic) bond motifs is 2. The van der Waals surface area contributed by atoms with Crippen molar-refractivity contribution in [1.82, 2.24) is 15.3 Å². The third-order valence-corrected chi connectivity index (χ3v) is 6.44. The molecule has 0 bridgehead atoms. The number of hydrogen-bond acceptors (Lipinski definition) is 6. The first-order valence-electron chi connectivity index (χ1n) is 11.8. The third kappa shape index (κ3) is 4.33. The Bertz CT molecular complexity index is 1440. The van der Waals surface area contributed by atoms with Crippen molar-refractivity contribution in [2.45, 2.75) is 19.5 Å². The number of anilines is 1. The minimum absolute atomic E-state index is 0.200. The number of halogens is 1. The van der Waals surface area contributed by atoms with E-state index in [0.717, 1.165) is 18.5 Å². The fraction of sp³-hybridized carbons (Fsp3) is 0.179. The lowest BCUT2D eigenvalue weighted by Crippen LogP contribution is -2.34. The highest BCUT2D eigenvalue weighted by molar-refractivity contribution is 5.99. The molecule has 1 aromatic heterocycles. The zero-order chi connectivity index (χ0) is 24.5. The summed E-state index contributed by atoms with van der Waals surface area (Å²) in [6.07, 6.45) is 2.40. The van der Waals surface area contributed by atoms with Gasteiger partial charge in [-0.2, -0.15) is 0 Å². The van der Waals surface area contributed by atoms with Crippen molar-refractivity contribution in [2.24, 2.45) is 0 Å². The van der Waals surface area contributed by atoms with Gasteiger partial charge < -0.3 is 19.7 Å². The molecule has 0 fully saturated rings. The van der Waals surface area contributed by atoms with E-state index in [-0.39, 0.29) is 18.5 Å². The number of rotatable bonds is 5. The van der Waals surface area contributed by atoms with Crippen LogP contribution in [-0.2, 0) is 19.5 Å². The summed E-state index contributed by atoms with van der Waals surface area (Å²) in [4.78, 5) is 24.7. The van der Waals surface area contributed by atoms with Crippen LogP contribution in [0.1, 0.15) is 27.0 Å². The third-order valence-electron chi connectivity index (χ3n) is 6.44. The molecule has 0 saturated carbocycles. The summed E-state index contributed by atoms with van der Waals surface area (Å²) < 4.78 is 24.3. The molecule has 8 heteroatoms. The molecule has 7 nitrogen and oxygen atoms in total. The molecule has 3 aromatic carbocycles. The van der Waals surface area contributed by atoms with Gasteiger partial charge in [-0.15, -0.1) is 0 Å². The van der Waals surface area contributed by atoms with Crippen molar-refractivity contribution in [3.63, 3.8) is 0 Å². The number of aromatic nitrogens is 2. The summed E-state index contributed by atoms with van der Waals surface area (Å²) in [5.41, 5.74) is 4.47. The molecule has 0 radical (unpaired) electrons. The van der Waals surface area contributed by atoms with Gasteiger partial charge in [0.05, 0.1) is 0 Å². The first-order chi connectivity index (χ1) is 17.6. The van der Waals surface area contributed by atoms with Gasteiger partial charge in [0.1, 0.15) is 17.2 Å². The maximum Gasteiger partial charge on any atom is 0.256 e. The smallest absolute Gasteiger partial charge is 0.256 e. The second kappa shape index (κ2) is 9.30. The molecule has 0 unspecified atom stereocenters. The Morgan fingerprint density at radius 1 is 1.00 bits per heavy atom. The fourth-order valence-corrected chi connectivity index (χ4v) is 4.52. The standard InChI is InChI=1S/C28H23FN4O3/c29-22-8-6-20(7-9-22)26-30-15-23(27(32-26)33-12-11-19-3-1-2-4-21(19)16-33)28(34)31-14-18-5-10-24-25(13-18)36-17-35-24/h1-10,13,15H,11-12,14,16-17H2,(H,31,34). The maximum absolute atomic E-state index is 13.5. The van der Waals surface area contributed by atoms with Crippen molar-refractivity contribution < 1.29 is 18.7 Å². The molecule has 0 atom stereocenters. The summed E-state index contributed by atoms with van der Waals surface area (Å²) in [7, 11) is 0. The lowest BCUT2D eigenvalue weighted by molar-refractivity contribution is 0.0950. The first kappa shape index (κ1) is 22.0. The van der Waals surface area contributed by atoms with Crippen LogP contribution in [0.2, 0.25) is 0 Å². The van der Waals surface area contributed by atoms with Gasteiger partial charge in [-0.25, -0.2) is 14.4 Å². The van der Waals surface area contributed by atoms with Crippen LogP contribution in [0.3, 0.4) is 0 Å². The van der Waals surface area contributed by atoms with E-state index in [1.54, 1.807) is 18.3 Å². The van der Waals surface area contributed by atoms with Gasteiger partial charge in [0.25, 0.3) is 5.91 Å². The van der Waals surface area contributed by atoms with Gasteiger partial charge in [0.2, 0.25) is 6.79 Å². The van der Waals surface area contributed by atoms with Gasteiger partial charge in [-0.3, -0.25) is 4.79 Å². The molecule has 4 aromatic rings. The van der Waals surface area contributed by atoms with E-state index in [0.29, 0.717) is 47.4 Å². The number of amides is 1. The zero-order valence-electron chi connectivity index (χ0n) is 19.4. The molecule has 36 heavy (non-hydrogen) atoms. The number of carbonyl (C=O) groups excluding carboxylic acids is 1. The Balaban J connectivity index is 1.30. The molecule has 1 amide bonds. The quantitative estimate of drug-likeness (QED) is 0.451. The molecule has 0 saturated heterocycles. The molecule has 2 aliphatic heterocycles. The average Bonchev–Trinajstić information content (AvgIpc) is 3.39. The van der Waals surface area contributed by atoms with E-state index in [1.807, 2.05) is 30.3 Å². The minimum Gasteiger partial charge on any atom is -0.454 e. The van der Waals surface area contributed by atoms with E-state index in [1.165, 1.54) is 23.3 Å². The number of carbonyl (C=O) groups is 1. The van der Waals surface area contributed by atoms with E-state index in [4.69, 9.17) is 14.5 Å². The van der Waals surface area contributed by atoms with Gasteiger partial charge in [0.15, 0.2) is 17.3 Å². The first-order valence-corrected chi connectivity index (χ1v) is 11.8. The van der Waals surface area contributed by atoms with E-state index in [2.05, 4.69) is 27.3 Å². The normalized spacial score (nSPS) is 13.9. The number of hydrogen-bond donors (Lipinski definition) is 1. The second-order valence-corrected chi connectivity index (χ2v) is 8.75. The highest BCUT2D eigenvalue weighted by Crippen LogP contribution is 2.33. The number of benzene rings is 3. The van der Waals surface area contributed by atoms with E-state index < -0.39 is 0 Å². The predicted octanol–water partition coefficient (Wildman–Crippen LogP) is 4.50. The molecule has 0 spiro atoms. The number of nitrogens with zero attached hydrogens (tertiary/aromatic N) is 3. The predicted molar refractivity (Wildman–Crippen MR) is 132 cm³/mol. The average molecular weight is 483 g/mol. The zero-order valence-corrected chi connectivity index (χ0v) is 19.4. The number of ether oxygens (including phenoxy) is 2. The molecule has 3 heterocycles. The Morgan fingerprint density at radius 2 is 1.81 bits per heavy atom. The topological polar surface area (TPSA) is 76.6 Å². The van der Waals surface area contributed by atoms with Crippen LogP contribution in [0.25, 0.3) is 11.4 Å². The number of nitrogens with one attached hydrogen (secondary N) is 1. The highest BCUT2D eigenvalue weighted by Gasteiger charge is 2.24. The van der Waals surface area contributed by atoms with Crippen molar-refractivity contribution in [2.75, 3.05) is 18.2 Å². The Morgan fingerprint density at radius 3 is 2.67 bits per heavy atom. The monoisotopic (exact) mass is 482 g/mol. The van der Waals surface area contributed by atoms with Gasteiger partial charge in [0, 0.05) is 31.4 Å². The molecule has 2 aliphatic rings. The molecule has 6 rings (SSSR count). The van der Waals surface area contributed by atoms with Crippen LogP contribution in [0.5, 0.6) is 11.5 Å². The van der Waals surface area contributed by atoms with Gasteiger partial charge >= 0.3 is 0 Å².